The van der Waals surface area contributed by atoms with Crippen LogP contribution >= 0.6 is 0 Å². The Morgan fingerprint density at radius 2 is 2.21 bits per heavy atom. The molecule has 5 nitrogen and oxygen atoms in total. The van der Waals surface area contributed by atoms with Crippen molar-refractivity contribution in [1.29, 1.82) is 0 Å². The highest BCUT2D eigenvalue weighted by Gasteiger charge is 2.36. The lowest BCUT2D eigenvalue weighted by atomic mass is 9.88. The van der Waals surface area contributed by atoms with Crippen molar-refractivity contribution in [2.45, 2.75) is 13.3 Å². The minimum Gasteiger partial charge on any atom is -0.478 e. The molecule has 0 aromatic heterocycles. The average Bonchev–Trinajstić information content (AvgIpc) is 2.77. The Morgan fingerprint density at radius 3 is 2.79 bits per heavy atom. The summed E-state index contributed by atoms with van der Waals surface area (Å²) in [5.41, 5.74) is -0.725. The predicted molar refractivity (Wildman–Crippen MR) is 67.6 cm³/mol. The summed E-state index contributed by atoms with van der Waals surface area (Å²) in [5.74, 6) is -2.09. The standard InChI is InChI=1S/C13H15FN2O3/c1-13(4-5-15-7-13)12(19)16-10-6-8(14)2-3-9(10)11(17)18/h2-3,6,15H,4-5,7H2,1H3,(H,16,19)(H,17,18). The lowest BCUT2D eigenvalue weighted by molar-refractivity contribution is -0.123. The van der Waals surface area contributed by atoms with Crippen LogP contribution in [0.2, 0.25) is 0 Å². The quantitative estimate of drug-likeness (QED) is 0.774. The van der Waals surface area contributed by atoms with Crippen molar-refractivity contribution in [3.63, 3.8) is 0 Å². The highest BCUT2D eigenvalue weighted by atomic mass is 19.1. The second kappa shape index (κ2) is 4.97. The molecule has 0 saturated carbocycles. The van der Waals surface area contributed by atoms with Crippen LogP contribution in [0.25, 0.3) is 0 Å². The van der Waals surface area contributed by atoms with E-state index >= 15 is 0 Å². The van der Waals surface area contributed by atoms with Gasteiger partial charge in [-0.15, -0.1) is 0 Å². The SMILES string of the molecule is CC1(C(=O)Nc2cc(F)ccc2C(=O)O)CCNC1. The number of rotatable bonds is 3. The van der Waals surface area contributed by atoms with Crippen molar-refractivity contribution in [3.8, 4) is 0 Å². The molecule has 0 aliphatic carbocycles. The second-order valence-electron chi connectivity index (χ2n) is 4.94. The molecule has 1 aromatic rings. The maximum atomic E-state index is 13.2. The van der Waals surface area contributed by atoms with Gasteiger partial charge >= 0.3 is 5.97 Å². The largest absolute Gasteiger partial charge is 0.478 e. The van der Waals surface area contributed by atoms with Gasteiger partial charge in [0.25, 0.3) is 0 Å². The number of carbonyl (C=O) groups is 2. The Balaban J connectivity index is 2.25. The van der Waals surface area contributed by atoms with E-state index in [2.05, 4.69) is 10.6 Å². The van der Waals surface area contributed by atoms with Crippen LogP contribution in [0.3, 0.4) is 0 Å². The predicted octanol–water partition coefficient (Wildman–Crippen LogP) is 1.46. The first kappa shape index (κ1) is 13.5. The molecule has 3 N–H and O–H groups in total. The summed E-state index contributed by atoms with van der Waals surface area (Å²) in [6, 6.07) is 3.22. The summed E-state index contributed by atoms with van der Waals surface area (Å²) in [4.78, 5) is 23.2. The highest BCUT2D eigenvalue weighted by Crippen LogP contribution is 2.27. The van der Waals surface area contributed by atoms with Crippen molar-refractivity contribution in [2.75, 3.05) is 18.4 Å². The molecule has 1 atom stereocenters. The van der Waals surface area contributed by atoms with Crippen LogP contribution in [-0.2, 0) is 4.79 Å². The van der Waals surface area contributed by atoms with Crippen molar-refractivity contribution in [2.24, 2.45) is 5.41 Å². The summed E-state index contributed by atoms with van der Waals surface area (Å²) >= 11 is 0. The zero-order valence-electron chi connectivity index (χ0n) is 10.5. The van der Waals surface area contributed by atoms with Crippen molar-refractivity contribution < 1.29 is 19.1 Å². The van der Waals surface area contributed by atoms with Gasteiger partial charge in [-0.3, -0.25) is 4.79 Å². The fraction of sp³-hybridized carbons (Fsp3) is 0.385. The van der Waals surface area contributed by atoms with Gasteiger partial charge in [-0.25, -0.2) is 9.18 Å². The van der Waals surface area contributed by atoms with E-state index in [1.54, 1.807) is 6.92 Å². The second-order valence-corrected chi connectivity index (χ2v) is 4.94. The van der Waals surface area contributed by atoms with Crippen LogP contribution in [0, 0.1) is 11.2 Å². The normalized spacial score (nSPS) is 22.2. The number of carboxylic acid groups (broad SMARTS) is 1. The molecule has 1 saturated heterocycles. The van der Waals surface area contributed by atoms with Crippen LogP contribution in [0.15, 0.2) is 18.2 Å². The number of benzene rings is 1. The molecule has 0 bridgehead atoms. The third-order valence-corrected chi connectivity index (χ3v) is 3.38. The number of aromatic carboxylic acids is 1. The number of hydrogen-bond acceptors (Lipinski definition) is 3. The smallest absolute Gasteiger partial charge is 0.337 e. The van der Waals surface area contributed by atoms with Gasteiger partial charge in [-0.05, 0) is 38.1 Å². The molecule has 1 heterocycles. The molecule has 102 valence electrons. The topological polar surface area (TPSA) is 78.4 Å². The van der Waals surface area contributed by atoms with E-state index < -0.39 is 17.2 Å². The number of hydrogen-bond donors (Lipinski definition) is 3. The first-order valence-electron chi connectivity index (χ1n) is 5.97. The number of nitrogens with one attached hydrogen (secondary N) is 2. The van der Waals surface area contributed by atoms with E-state index in [-0.39, 0.29) is 17.2 Å². The van der Waals surface area contributed by atoms with Crippen LogP contribution in [0.4, 0.5) is 10.1 Å². The van der Waals surface area contributed by atoms with Crippen LogP contribution in [0.1, 0.15) is 23.7 Å². The molecule has 19 heavy (non-hydrogen) atoms. The van der Waals surface area contributed by atoms with Gasteiger partial charge in [0.2, 0.25) is 5.91 Å². The molecule has 0 radical (unpaired) electrons. The summed E-state index contributed by atoms with van der Waals surface area (Å²) in [7, 11) is 0. The molecule has 1 aliphatic heterocycles. The van der Waals surface area contributed by atoms with Gasteiger partial charge in [-0.1, -0.05) is 0 Å². The summed E-state index contributed by atoms with van der Waals surface area (Å²) in [5, 5.41) is 14.6. The molecule has 1 amide bonds. The number of carbonyl (C=O) groups excluding carboxylic acids is 1. The van der Waals surface area contributed by atoms with Crippen molar-refractivity contribution in [1.82, 2.24) is 5.32 Å². The van der Waals surface area contributed by atoms with Gasteiger partial charge in [0, 0.05) is 6.54 Å². The zero-order valence-corrected chi connectivity index (χ0v) is 10.5. The molecule has 1 fully saturated rings. The molecule has 2 rings (SSSR count). The molecule has 1 unspecified atom stereocenters. The summed E-state index contributed by atoms with van der Waals surface area (Å²) < 4.78 is 13.2. The fourth-order valence-electron chi connectivity index (χ4n) is 2.09. The first-order valence-corrected chi connectivity index (χ1v) is 5.97. The van der Waals surface area contributed by atoms with E-state index in [1.807, 2.05) is 0 Å². The van der Waals surface area contributed by atoms with E-state index in [1.165, 1.54) is 0 Å². The van der Waals surface area contributed by atoms with Gasteiger partial charge in [-0.2, -0.15) is 0 Å². The van der Waals surface area contributed by atoms with E-state index in [0.29, 0.717) is 13.0 Å². The minimum atomic E-state index is -1.20. The van der Waals surface area contributed by atoms with Crippen molar-refractivity contribution >= 4 is 17.6 Å². The Morgan fingerprint density at radius 1 is 1.47 bits per heavy atom. The lowest BCUT2D eigenvalue weighted by Gasteiger charge is -2.22. The maximum Gasteiger partial charge on any atom is 0.337 e. The number of anilines is 1. The lowest BCUT2D eigenvalue weighted by Crippen LogP contribution is -2.35. The average molecular weight is 266 g/mol. The van der Waals surface area contributed by atoms with Gasteiger partial charge < -0.3 is 15.7 Å². The minimum absolute atomic E-state index is 0.00868. The highest BCUT2D eigenvalue weighted by molar-refractivity contribution is 6.02. The molecule has 1 aliphatic rings. The Bertz CT molecular complexity index is 525. The van der Waals surface area contributed by atoms with Crippen molar-refractivity contribution in [3.05, 3.63) is 29.6 Å². The number of carboxylic acids is 1. The van der Waals surface area contributed by atoms with Crippen LogP contribution in [0.5, 0.6) is 0 Å². The molecule has 0 spiro atoms. The molecular formula is C13H15FN2O3. The first-order chi connectivity index (χ1) is 8.92. The Kier molecular flexibility index (Phi) is 3.53. The van der Waals surface area contributed by atoms with Crippen LogP contribution < -0.4 is 10.6 Å². The maximum absolute atomic E-state index is 13.2. The third kappa shape index (κ3) is 2.73. The van der Waals surface area contributed by atoms with Gasteiger partial charge in [0.15, 0.2) is 0 Å². The molecule has 6 heteroatoms. The van der Waals surface area contributed by atoms with Gasteiger partial charge in [0.1, 0.15) is 5.82 Å². The van der Waals surface area contributed by atoms with Crippen LogP contribution in [-0.4, -0.2) is 30.1 Å². The third-order valence-electron chi connectivity index (χ3n) is 3.38. The number of halogens is 1. The van der Waals surface area contributed by atoms with E-state index in [4.69, 9.17) is 5.11 Å². The number of amides is 1. The molecular weight excluding hydrogens is 251 g/mol. The summed E-state index contributed by atoms with van der Waals surface area (Å²) in [6.45, 7) is 3.05. The monoisotopic (exact) mass is 266 g/mol. The molecule has 1 aromatic carbocycles. The fourth-order valence-corrected chi connectivity index (χ4v) is 2.09. The zero-order chi connectivity index (χ0) is 14.0. The summed E-state index contributed by atoms with van der Waals surface area (Å²) in [6.07, 6.45) is 0.663. The Hall–Kier alpha value is -1.95. The van der Waals surface area contributed by atoms with E-state index in [0.717, 1.165) is 24.7 Å². The van der Waals surface area contributed by atoms with Gasteiger partial charge in [0.05, 0.1) is 16.7 Å². The van der Waals surface area contributed by atoms with E-state index in [9.17, 15) is 14.0 Å². The Labute approximate surface area is 109 Å².